The van der Waals surface area contributed by atoms with Crippen molar-refractivity contribution in [3.8, 4) is 0 Å². The van der Waals surface area contributed by atoms with E-state index in [1.165, 1.54) is 19.3 Å². The SMILES string of the molecule is CCOP(=O)(OCC)C1=CS[C@@H]2CCCC[C@H]12. The molecule has 1 aliphatic heterocycles. The number of hydrogen-bond donors (Lipinski definition) is 0. The molecule has 1 heterocycles. The molecule has 1 aliphatic carbocycles. The van der Waals surface area contributed by atoms with E-state index in [9.17, 15) is 4.57 Å². The minimum absolute atomic E-state index is 0.415. The first-order valence-electron chi connectivity index (χ1n) is 6.46. The second-order valence-electron chi connectivity index (χ2n) is 4.44. The summed E-state index contributed by atoms with van der Waals surface area (Å²) >= 11 is 1.82. The smallest absolute Gasteiger partial charge is 0.306 e. The fourth-order valence-electron chi connectivity index (χ4n) is 2.64. The molecule has 2 rings (SSSR count). The molecule has 5 heteroatoms. The second kappa shape index (κ2) is 5.92. The monoisotopic (exact) mass is 276 g/mol. The van der Waals surface area contributed by atoms with E-state index in [-0.39, 0.29) is 0 Å². The molecule has 0 aromatic carbocycles. The highest BCUT2D eigenvalue weighted by atomic mass is 32.2. The van der Waals surface area contributed by atoms with Gasteiger partial charge in [0.05, 0.1) is 18.5 Å². The Morgan fingerprint density at radius 2 is 1.94 bits per heavy atom. The first-order valence-corrected chi connectivity index (χ1v) is 8.95. The second-order valence-corrected chi connectivity index (χ2v) is 7.58. The summed E-state index contributed by atoms with van der Waals surface area (Å²) in [7, 11) is -3.02. The van der Waals surface area contributed by atoms with Crippen LogP contribution < -0.4 is 0 Å². The van der Waals surface area contributed by atoms with Crippen molar-refractivity contribution in [1.29, 1.82) is 0 Å². The minimum Gasteiger partial charge on any atom is -0.306 e. The fraction of sp³-hybridized carbons (Fsp3) is 0.833. The van der Waals surface area contributed by atoms with Crippen LogP contribution in [0.25, 0.3) is 0 Å². The van der Waals surface area contributed by atoms with Crippen molar-refractivity contribution in [2.75, 3.05) is 13.2 Å². The highest BCUT2D eigenvalue weighted by molar-refractivity contribution is 8.03. The molecule has 2 aliphatic rings. The molecular formula is C12H21O3PS. The van der Waals surface area contributed by atoms with Gasteiger partial charge in [-0.3, -0.25) is 4.57 Å². The molecule has 0 radical (unpaired) electrons. The van der Waals surface area contributed by atoms with Crippen LogP contribution in [0.2, 0.25) is 0 Å². The predicted octanol–water partition coefficient (Wildman–Crippen LogP) is 4.40. The van der Waals surface area contributed by atoms with E-state index in [4.69, 9.17) is 9.05 Å². The van der Waals surface area contributed by atoms with Gasteiger partial charge in [0.2, 0.25) is 0 Å². The maximum Gasteiger partial charge on any atom is 0.358 e. The van der Waals surface area contributed by atoms with E-state index in [2.05, 4.69) is 0 Å². The molecule has 0 aromatic rings. The number of fused-ring (bicyclic) bond motifs is 1. The minimum atomic E-state index is -3.02. The normalized spacial score (nSPS) is 28.9. The van der Waals surface area contributed by atoms with Gasteiger partial charge >= 0.3 is 7.60 Å². The van der Waals surface area contributed by atoms with Crippen LogP contribution in [0.4, 0.5) is 0 Å². The molecule has 0 N–H and O–H groups in total. The van der Waals surface area contributed by atoms with Gasteiger partial charge in [0, 0.05) is 11.2 Å². The summed E-state index contributed by atoms with van der Waals surface area (Å²) < 4.78 is 23.7. The number of rotatable bonds is 5. The Morgan fingerprint density at radius 3 is 2.59 bits per heavy atom. The highest BCUT2D eigenvalue weighted by Gasteiger charge is 2.43. The Hall–Kier alpha value is 0.240. The Kier molecular flexibility index (Phi) is 4.76. The van der Waals surface area contributed by atoms with Crippen LogP contribution in [-0.2, 0) is 13.6 Å². The Balaban J connectivity index is 2.16. The van der Waals surface area contributed by atoms with E-state index in [0.717, 1.165) is 11.7 Å². The van der Waals surface area contributed by atoms with E-state index in [1.54, 1.807) is 0 Å². The van der Waals surface area contributed by atoms with Crippen LogP contribution in [0.5, 0.6) is 0 Å². The lowest BCUT2D eigenvalue weighted by atomic mass is 9.89. The maximum atomic E-state index is 12.7. The largest absolute Gasteiger partial charge is 0.358 e. The molecule has 0 unspecified atom stereocenters. The molecule has 3 nitrogen and oxygen atoms in total. The quantitative estimate of drug-likeness (QED) is 0.697. The average molecular weight is 276 g/mol. The molecule has 2 atom stereocenters. The molecule has 17 heavy (non-hydrogen) atoms. The van der Waals surface area contributed by atoms with Gasteiger partial charge in [0.1, 0.15) is 0 Å². The van der Waals surface area contributed by atoms with Crippen LogP contribution in [0.15, 0.2) is 10.7 Å². The van der Waals surface area contributed by atoms with Crippen LogP contribution in [0.3, 0.4) is 0 Å². The van der Waals surface area contributed by atoms with Crippen LogP contribution in [-0.4, -0.2) is 18.5 Å². The van der Waals surface area contributed by atoms with Gasteiger partial charge in [-0.1, -0.05) is 12.8 Å². The summed E-state index contributed by atoms with van der Waals surface area (Å²) in [4.78, 5) is 0. The Bertz CT molecular complexity index is 333. The number of allylic oxidation sites excluding steroid dienone is 1. The predicted molar refractivity (Wildman–Crippen MR) is 72.3 cm³/mol. The first kappa shape index (κ1) is 13.7. The summed E-state index contributed by atoms with van der Waals surface area (Å²) in [6, 6.07) is 0. The van der Waals surface area contributed by atoms with Crippen molar-refractivity contribution in [3.05, 3.63) is 10.7 Å². The summed E-state index contributed by atoms with van der Waals surface area (Å²) in [6.45, 7) is 4.62. The van der Waals surface area contributed by atoms with Crippen molar-refractivity contribution in [2.24, 2.45) is 5.92 Å². The number of thioether (sulfide) groups is 1. The standard InChI is InChI=1S/C12H21O3PS/c1-3-14-16(13,15-4-2)11-9-17-12-8-6-5-7-10(11)12/h9-10,12H,3-8H2,1-2H3/t10-,12-/m1/s1. The summed E-state index contributed by atoms with van der Waals surface area (Å²) in [6.07, 6.45) is 4.89. The van der Waals surface area contributed by atoms with E-state index >= 15 is 0 Å². The van der Waals surface area contributed by atoms with Crippen LogP contribution >= 0.6 is 19.4 Å². The van der Waals surface area contributed by atoms with E-state index in [0.29, 0.717) is 24.4 Å². The molecule has 0 amide bonds. The number of hydrogen-bond acceptors (Lipinski definition) is 4. The third kappa shape index (κ3) is 2.81. The Morgan fingerprint density at radius 1 is 1.29 bits per heavy atom. The van der Waals surface area contributed by atoms with Crippen molar-refractivity contribution in [2.45, 2.75) is 44.8 Å². The molecule has 1 fully saturated rings. The van der Waals surface area contributed by atoms with E-state index in [1.807, 2.05) is 31.0 Å². The zero-order valence-corrected chi connectivity index (χ0v) is 12.3. The lowest BCUT2D eigenvalue weighted by molar-refractivity contribution is 0.222. The zero-order valence-electron chi connectivity index (χ0n) is 10.6. The van der Waals surface area contributed by atoms with Crippen LogP contribution in [0, 0.1) is 5.92 Å². The molecule has 1 saturated carbocycles. The zero-order chi connectivity index (χ0) is 12.3. The van der Waals surface area contributed by atoms with Gasteiger partial charge in [0.15, 0.2) is 0 Å². The lowest BCUT2D eigenvalue weighted by Crippen LogP contribution is -2.20. The van der Waals surface area contributed by atoms with Crippen LogP contribution in [0.1, 0.15) is 39.5 Å². The molecule has 0 spiro atoms. The van der Waals surface area contributed by atoms with Gasteiger partial charge in [-0.05, 0) is 32.1 Å². The van der Waals surface area contributed by atoms with Crippen molar-refractivity contribution in [3.63, 3.8) is 0 Å². The molecule has 98 valence electrons. The van der Waals surface area contributed by atoms with Gasteiger partial charge in [-0.15, -0.1) is 11.8 Å². The third-order valence-electron chi connectivity index (χ3n) is 3.36. The van der Waals surface area contributed by atoms with Crippen molar-refractivity contribution < 1.29 is 13.6 Å². The van der Waals surface area contributed by atoms with Gasteiger partial charge < -0.3 is 9.05 Å². The summed E-state index contributed by atoms with van der Waals surface area (Å²) in [5, 5.41) is 3.59. The highest BCUT2D eigenvalue weighted by Crippen LogP contribution is 2.64. The maximum absolute atomic E-state index is 12.7. The topological polar surface area (TPSA) is 35.5 Å². The van der Waals surface area contributed by atoms with Crippen molar-refractivity contribution in [1.82, 2.24) is 0 Å². The Labute approximate surface area is 108 Å². The fourth-order valence-corrected chi connectivity index (χ4v) is 6.47. The van der Waals surface area contributed by atoms with E-state index < -0.39 is 7.60 Å². The van der Waals surface area contributed by atoms with Gasteiger partial charge in [-0.25, -0.2) is 0 Å². The first-order chi connectivity index (χ1) is 8.21. The average Bonchev–Trinajstić information content (AvgIpc) is 2.74. The molecular weight excluding hydrogens is 255 g/mol. The molecule has 0 saturated heterocycles. The van der Waals surface area contributed by atoms with Gasteiger partial charge in [0.25, 0.3) is 0 Å². The summed E-state index contributed by atoms with van der Waals surface area (Å²) in [5.74, 6) is 0.415. The van der Waals surface area contributed by atoms with Crippen molar-refractivity contribution >= 4 is 19.4 Å². The third-order valence-corrected chi connectivity index (χ3v) is 7.13. The molecule has 0 bridgehead atoms. The molecule has 0 aromatic heterocycles. The summed E-state index contributed by atoms with van der Waals surface area (Å²) in [5.41, 5.74) is 0. The van der Waals surface area contributed by atoms with Gasteiger partial charge in [-0.2, -0.15) is 0 Å². The lowest BCUT2D eigenvalue weighted by Gasteiger charge is -2.29.